The second kappa shape index (κ2) is 5.57. The van der Waals surface area contributed by atoms with E-state index in [0.717, 1.165) is 4.47 Å². The number of anilines is 2. The van der Waals surface area contributed by atoms with Crippen LogP contribution in [-0.2, 0) is 0 Å². The molecular formula is C10H9Br2N5O2. The molecule has 19 heavy (non-hydrogen) atoms. The molecule has 0 spiro atoms. The lowest BCUT2D eigenvalue weighted by atomic mass is 10.3. The Labute approximate surface area is 125 Å². The number of ether oxygens (including phenoxy) is 1. The van der Waals surface area contributed by atoms with Crippen LogP contribution in [0.5, 0.6) is 5.75 Å². The number of nitrogens with zero attached hydrogens (tertiary/aromatic N) is 2. The molecule has 0 fully saturated rings. The first-order valence-electron chi connectivity index (χ1n) is 5.03. The number of carbonyl (C=O) groups is 1. The Hall–Kier alpha value is -1.61. The number of hydrogen-bond acceptors (Lipinski definition) is 5. The minimum Gasteiger partial charge on any atom is -0.495 e. The van der Waals surface area contributed by atoms with Crippen LogP contribution in [0, 0.1) is 0 Å². The van der Waals surface area contributed by atoms with Crippen LogP contribution >= 0.6 is 31.9 Å². The van der Waals surface area contributed by atoms with Crippen molar-refractivity contribution in [2.75, 3.05) is 18.2 Å². The van der Waals surface area contributed by atoms with Crippen molar-refractivity contribution in [1.29, 1.82) is 0 Å². The van der Waals surface area contributed by atoms with Crippen LogP contribution in [-0.4, -0.2) is 28.2 Å². The molecule has 0 saturated carbocycles. The molecule has 0 saturated heterocycles. The van der Waals surface area contributed by atoms with Gasteiger partial charge in [-0.15, -0.1) is 5.10 Å². The van der Waals surface area contributed by atoms with E-state index in [-0.39, 0.29) is 11.8 Å². The maximum Gasteiger partial charge on any atom is 0.293 e. The SMILES string of the molecule is COc1cc(NC(=O)c2nc(N)n[nH]2)c(Br)cc1Br. The van der Waals surface area contributed by atoms with Crippen LogP contribution in [0.2, 0.25) is 0 Å². The highest BCUT2D eigenvalue weighted by Gasteiger charge is 2.14. The Bertz CT molecular complexity index is 628. The van der Waals surface area contributed by atoms with Crippen molar-refractivity contribution in [3.63, 3.8) is 0 Å². The molecule has 100 valence electrons. The van der Waals surface area contributed by atoms with E-state index in [2.05, 4.69) is 52.4 Å². The van der Waals surface area contributed by atoms with Crippen molar-refractivity contribution in [3.8, 4) is 5.75 Å². The van der Waals surface area contributed by atoms with Gasteiger partial charge in [-0.25, -0.2) is 0 Å². The third kappa shape index (κ3) is 3.04. The average molecular weight is 391 g/mol. The second-order valence-corrected chi connectivity index (χ2v) is 5.17. The number of nitrogen functional groups attached to an aromatic ring is 1. The number of halogens is 2. The average Bonchev–Trinajstić information content (AvgIpc) is 2.79. The summed E-state index contributed by atoms with van der Waals surface area (Å²) in [7, 11) is 1.54. The highest BCUT2D eigenvalue weighted by atomic mass is 79.9. The highest BCUT2D eigenvalue weighted by molar-refractivity contribution is 9.11. The van der Waals surface area contributed by atoms with Gasteiger partial charge in [0.1, 0.15) is 5.75 Å². The fourth-order valence-corrected chi connectivity index (χ4v) is 2.59. The topological polar surface area (TPSA) is 106 Å². The quantitative estimate of drug-likeness (QED) is 0.744. The van der Waals surface area contributed by atoms with Crippen LogP contribution in [0.4, 0.5) is 11.6 Å². The van der Waals surface area contributed by atoms with E-state index < -0.39 is 5.91 Å². The highest BCUT2D eigenvalue weighted by Crippen LogP contribution is 2.34. The van der Waals surface area contributed by atoms with Gasteiger partial charge < -0.3 is 15.8 Å². The molecule has 0 aliphatic carbocycles. The molecular weight excluding hydrogens is 382 g/mol. The van der Waals surface area contributed by atoms with E-state index in [1.165, 1.54) is 7.11 Å². The summed E-state index contributed by atoms with van der Waals surface area (Å²) in [6.07, 6.45) is 0. The zero-order valence-electron chi connectivity index (χ0n) is 9.70. The largest absolute Gasteiger partial charge is 0.495 e. The van der Waals surface area contributed by atoms with Gasteiger partial charge in [0.05, 0.1) is 17.3 Å². The number of methoxy groups -OCH3 is 1. The summed E-state index contributed by atoms with van der Waals surface area (Å²) < 4.78 is 6.62. The van der Waals surface area contributed by atoms with E-state index in [4.69, 9.17) is 10.5 Å². The summed E-state index contributed by atoms with van der Waals surface area (Å²) in [6, 6.07) is 3.44. The summed E-state index contributed by atoms with van der Waals surface area (Å²) in [5, 5.41) is 8.68. The lowest BCUT2D eigenvalue weighted by Crippen LogP contribution is -2.14. The normalized spacial score (nSPS) is 10.3. The lowest BCUT2D eigenvalue weighted by molar-refractivity contribution is 0.101. The lowest BCUT2D eigenvalue weighted by Gasteiger charge is -2.10. The Morgan fingerprint density at radius 3 is 2.74 bits per heavy atom. The maximum absolute atomic E-state index is 11.9. The second-order valence-electron chi connectivity index (χ2n) is 3.46. The number of amides is 1. The molecule has 1 aromatic carbocycles. The molecule has 0 atom stereocenters. The Balaban J connectivity index is 2.26. The zero-order valence-corrected chi connectivity index (χ0v) is 12.9. The summed E-state index contributed by atoms with van der Waals surface area (Å²) in [6.45, 7) is 0. The van der Waals surface area contributed by atoms with Crippen LogP contribution in [0.3, 0.4) is 0 Å². The van der Waals surface area contributed by atoms with Crippen molar-refractivity contribution < 1.29 is 9.53 Å². The van der Waals surface area contributed by atoms with Gasteiger partial charge in [0, 0.05) is 10.5 Å². The Morgan fingerprint density at radius 1 is 1.42 bits per heavy atom. The van der Waals surface area contributed by atoms with Crippen molar-refractivity contribution >= 4 is 49.4 Å². The molecule has 2 aromatic rings. The van der Waals surface area contributed by atoms with Crippen molar-refractivity contribution in [3.05, 3.63) is 26.9 Å². The number of aromatic nitrogens is 3. The van der Waals surface area contributed by atoms with E-state index in [9.17, 15) is 4.79 Å². The van der Waals surface area contributed by atoms with Gasteiger partial charge in [-0.05, 0) is 37.9 Å². The van der Waals surface area contributed by atoms with E-state index in [0.29, 0.717) is 15.9 Å². The molecule has 1 heterocycles. The van der Waals surface area contributed by atoms with Gasteiger partial charge in [0.25, 0.3) is 5.91 Å². The molecule has 0 radical (unpaired) electrons. The van der Waals surface area contributed by atoms with Crippen molar-refractivity contribution in [2.45, 2.75) is 0 Å². The summed E-state index contributed by atoms with van der Waals surface area (Å²) >= 11 is 6.69. The number of carbonyl (C=O) groups excluding carboxylic acids is 1. The number of benzene rings is 1. The van der Waals surface area contributed by atoms with Gasteiger partial charge in [-0.3, -0.25) is 9.89 Å². The predicted molar refractivity (Wildman–Crippen MR) is 77.1 cm³/mol. The molecule has 4 N–H and O–H groups in total. The Morgan fingerprint density at radius 2 is 2.16 bits per heavy atom. The standard InChI is InChI=1S/C10H9Br2N5O2/c1-19-7-3-6(4(11)2-5(7)12)14-9(18)8-15-10(13)17-16-8/h2-3H,1H3,(H,14,18)(H3,13,15,16,17). The number of nitrogens with one attached hydrogen (secondary N) is 2. The third-order valence-corrected chi connectivity index (χ3v) is 3.48. The van der Waals surface area contributed by atoms with Crippen molar-refractivity contribution in [2.24, 2.45) is 0 Å². The number of hydrogen-bond donors (Lipinski definition) is 3. The minimum atomic E-state index is -0.450. The fourth-order valence-electron chi connectivity index (χ4n) is 1.34. The van der Waals surface area contributed by atoms with Crippen molar-refractivity contribution in [1.82, 2.24) is 15.2 Å². The van der Waals surface area contributed by atoms with Gasteiger partial charge in [0.15, 0.2) is 0 Å². The number of aromatic amines is 1. The van der Waals surface area contributed by atoms with Gasteiger partial charge in [-0.2, -0.15) is 4.98 Å². The van der Waals surface area contributed by atoms with E-state index in [1.807, 2.05) is 0 Å². The number of H-pyrrole nitrogens is 1. The summed E-state index contributed by atoms with van der Waals surface area (Å²) in [5.74, 6) is 0.189. The first kappa shape index (κ1) is 13.8. The number of rotatable bonds is 3. The fraction of sp³-hybridized carbons (Fsp3) is 0.100. The van der Waals surface area contributed by atoms with Crippen LogP contribution in [0.15, 0.2) is 21.1 Å². The van der Waals surface area contributed by atoms with Crippen LogP contribution < -0.4 is 15.8 Å². The molecule has 0 aliphatic rings. The minimum absolute atomic E-state index is 0.0117. The first-order valence-corrected chi connectivity index (χ1v) is 6.62. The predicted octanol–water partition coefficient (Wildman–Crippen LogP) is 2.17. The number of nitrogens with two attached hydrogens (primary N) is 1. The summed E-state index contributed by atoms with van der Waals surface area (Å²) in [5.41, 5.74) is 5.88. The first-order chi connectivity index (χ1) is 9.01. The molecule has 0 unspecified atom stereocenters. The zero-order chi connectivity index (χ0) is 14.0. The van der Waals surface area contributed by atoms with Gasteiger partial charge >= 0.3 is 0 Å². The molecule has 2 rings (SSSR count). The summed E-state index contributed by atoms with van der Waals surface area (Å²) in [4.78, 5) is 15.6. The Kier molecular flexibility index (Phi) is 4.05. The maximum atomic E-state index is 11.9. The molecule has 1 amide bonds. The molecule has 0 bridgehead atoms. The van der Waals surface area contributed by atoms with Gasteiger partial charge in [-0.1, -0.05) is 0 Å². The molecule has 7 nitrogen and oxygen atoms in total. The van der Waals surface area contributed by atoms with E-state index in [1.54, 1.807) is 12.1 Å². The monoisotopic (exact) mass is 389 g/mol. The van der Waals surface area contributed by atoms with E-state index >= 15 is 0 Å². The smallest absolute Gasteiger partial charge is 0.293 e. The van der Waals surface area contributed by atoms with Crippen LogP contribution in [0.25, 0.3) is 0 Å². The molecule has 0 aliphatic heterocycles. The van der Waals surface area contributed by atoms with Crippen LogP contribution in [0.1, 0.15) is 10.6 Å². The molecule has 9 heteroatoms. The third-order valence-electron chi connectivity index (χ3n) is 2.21. The molecule has 1 aromatic heterocycles. The van der Waals surface area contributed by atoms with Gasteiger partial charge in [0.2, 0.25) is 11.8 Å².